The number of benzene rings is 1. The van der Waals surface area contributed by atoms with Crippen LogP contribution in [-0.4, -0.2) is 37.0 Å². The van der Waals surface area contributed by atoms with Crippen molar-refractivity contribution in [2.45, 2.75) is 6.54 Å². The second kappa shape index (κ2) is 7.14. The maximum Gasteiger partial charge on any atom is 0.331 e. The van der Waals surface area contributed by atoms with Crippen LogP contribution in [0.1, 0.15) is 11.3 Å². The van der Waals surface area contributed by atoms with Crippen LogP contribution in [0.15, 0.2) is 46.6 Å². The molecule has 0 aliphatic carbocycles. The first-order chi connectivity index (χ1) is 12.5. The number of barbiturate groups is 1. The smallest absolute Gasteiger partial charge is 0.331 e. The first-order valence-electron chi connectivity index (χ1n) is 7.66. The van der Waals surface area contributed by atoms with Gasteiger partial charge in [-0.1, -0.05) is 6.07 Å². The van der Waals surface area contributed by atoms with Crippen LogP contribution >= 0.6 is 0 Å². The topological polar surface area (TPSA) is 98.1 Å². The summed E-state index contributed by atoms with van der Waals surface area (Å²) in [5, 5.41) is 2.16. The molecule has 0 atom stereocenters. The molecular weight excluding hydrogens is 340 g/mol. The molecule has 8 heteroatoms. The zero-order chi connectivity index (χ0) is 18.7. The van der Waals surface area contributed by atoms with Crippen LogP contribution in [0.5, 0.6) is 11.5 Å². The highest BCUT2D eigenvalue weighted by Gasteiger charge is 2.36. The van der Waals surface area contributed by atoms with Gasteiger partial charge in [0.15, 0.2) is 11.5 Å². The predicted molar refractivity (Wildman–Crippen MR) is 90.3 cm³/mol. The van der Waals surface area contributed by atoms with Gasteiger partial charge in [0, 0.05) is 0 Å². The van der Waals surface area contributed by atoms with E-state index in [9.17, 15) is 14.4 Å². The summed E-state index contributed by atoms with van der Waals surface area (Å²) in [5.41, 5.74) is 0.386. The number of ether oxygens (including phenoxy) is 2. The number of carbonyl (C=O) groups excluding carboxylic acids is 3. The highest BCUT2D eigenvalue weighted by Crippen LogP contribution is 2.29. The summed E-state index contributed by atoms with van der Waals surface area (Å²) in [5.74, 6) is -0.0681. The number of nitrogens with one attached hydrogen (secondary N) is 1. The van der Waals surface area contributed by atoms with Crippen molar-refractivity contribution in [1.82, 2.24) is 10.2 Å². The van der Waals surface area contributed by atoms with Gasteiger partial charge >= 0.3 is 6.03 Å². The molecule has 2 heterocycles. The van der Waals surface area contributed by atoms with Crippen LogP contribution in [-0.2, 0) is 16.1 Å². The third-order valence-electron chi connectivity index (χ3n) is 3.80. The number of rotatable bonds is 5. The fraction of sp³-hybridized carbons (Fsp3) is 0.167. The van der Waals surface area contributed by atoms with Crippen LogP contribution < -0.4 is 14.8 Å². The highest BCUT2D eigenvalue weighted by molar-refractivity contribution is 6.30. The number of nitrogens with zero attached hydrogens (tertiary/aromatic N) is 1. The number of methoxy groups -OCH3 is 2. The fourth-order valence-corrected chi connectivity index (χ4v) is 2.51. The van der Waals surface area contributed by atoms with E-state index in [-0.39, 0.29) is 12.1 Å². The molecule has 1 saturated heterocycles. The van der Waals surface area contributed by atoms with Gasteiger partial charge in [0.1, 0.15) is 11.3 Å². The fourth-order valence-electron chi connectivity index (χ4n) is 2.51. The number of furan rings is 1. The first kappa shape index (κ1) is 17.3. The van der Waals surface area contributed by atoms with E-state index in [2.05, 4.69) is 5.32 Å². The van der Waals surface area contributed by atoms with E-state index in [1.54, 1.807) is 30.3 Å². The Hall–Kier alpha value is -3.55. The van der Waals surface area contributed by atoms with Gasteiger partial charge in [-0.15, -0.1) is 0 Å². The molecular formula is C18H16N2O6. The van der Waals surface area contributed by atoms with Crippen LogP contribution in [0.4, 0.5) is 4.79 Å². The Labute approximate surface area is 149 Å². The minimum absolute atomic E-state index is 0.0752. The van der Waals surface area contributed by atoms with Crippen LogP contribution in [0.25, 0.3) is 6.08 Å². The maximum absolute atomic E-state index is 12.6. The summed E-state index contributed by atoms with van der Waals surface area (Å²) in [6, 6.07) is 7.44. The third-order valence-corrected chi connectivity index (χ3v) is 3.80. The minimum atomic E-state index is -0.791. The van der Waals surface area contributed by atoms with E-state index in [0.29, 0.717) is 22.8 Å². The second-order valence-electron chi connectivity index (χ2n) is 5.40. The SMILES string of the molecule is COc1ccc(/C=C2\C(=O)NC(=O)N(Cc3ccco3)C2=O)cc1OC. The summed E-state index contributed by atoms with van der Waals surface area (Å²) >= 11 is 0. The van der Waals surface area contributed by atoms with E-state index in [0.717, 1.165) is 4.90 Å². The Morgan fingerprint density at radius 3 is 2.54 bits per heavy atom. The number of urea groups is 1. The standard InChI is InChI=1S/C18H16N2O6/c1-24-14-6-5-11(9-15(14)25-2)8-13-16(21)19-18(23)20(17(13)22)10-12-4-3-7-26-12/h3-9H,10H2,1-2H3,(H,19,21,23)/b13-8+. The third kappa shape index (κ3) is 3.30. The lowest BCUT2D eigenvalue weighted by Crippen LogP contribution is -2.53. The van der Waals surface area contributed by atoms with Crippen molar-refractivity contribution >= 4 is 23.9 Å². The molecule has 0 unspecified atom stereocenters. The molecule has 1 fully saturated rings. The lowest BCUT2D eigenvalue weighted by Gasteiger charge is -2.25. The Balaban J connectivity index is 1.92. The molecule has 2 aromatic rings. The van der Waals surface area contributed by atoms with Crippen molar-refractivity contribution in [3.8, 4) is 11.5 Å². The first-order valence-corrected chi connectivity index (χ1v) is 7.66. The van der Waals surface area contributed by atoms with Crippen LogP contribution in [0.2, 0.25) is 0 Å². The molecule has 1 aromatic heterocycles. The van der Waals surface area contributed by atoms with E-state index in [1.165, 1.54) is 26.6 Å². The van der Waals surface area contributed by atoms with E-state index in [4.69, 9.17) is 13.9 Å². The molecule has 134 valence electrons. The van der Waals surface area contributed by atoms with Crippen molar-refractivity contribution in [3.63, 3.8) is 0 Å². The van der Waals surface area contributed by atoms with Crippen LogP contribution in [0.3, 0.4) is 0 Å². The largest absolute Gasteiger partial charge is 0.493 e. The molecule has 0 spiro atoms. The van der Waals surface area contributed by atoms with Crippen molar-refractivity contribution in [2.75, 3.05) is 14.2 Å². The monoisotopic (exact) mass is 356 g/mol. The quantitative estimate of drug-likeness (QED) is 0.650. The Bertz CT molecular complexity index is 885. The number of imide groups is 2. The molecule has 1 N–H and O–H groups in total. The van der Waals surface area contributed by atoms with Crippen molar-refractivity contribution < 1.29 is 28.3 Å². The van der Waals surface area contributed by atoms with Crippen LogP contribution in [0, 0.1) is 0 Å². The molecule has 1 aromatic carbocycles. The summed E-state index contributed by atoms with van der Waals surface area (Å²) < 4.78 is 15.5. The maximum atomic E-state index is 12.6. The molecule has 8 nitrogen and oxygen atoms in total. The summed E-state index contributed by atoms with van der Waals surface area (Å²) in [6.45, 7) is -0.0752. The number of hydrogen-bond donors (Lipinski definition) is 1. The van der Waals surface area contributed by atoms with Gasteiger partial charge in [0.2, 0.25) is 0 Å². The van der Waals surface area contributed by atoms with Gasteiger partial charge in [-0.25, -0.2) is 4.79 Å². The summed E-state index contributed by atoms with van der Waals surface area (Å²) in [6.07, 6.45) is 2.83. The molecule has 0 bridgehead atoms. The molecule has 26 heavy (non-hydrogen) atoms. The Kier molecular flexibility index (Phi) is 4.74. The summed E-state index contributed by atoms with van der Waals surface area (Å²) in [7, 11) is 2.99. The van der Waals surface area contributed by atoms with Crippen molar-refractivity contribution in [3.05, 3.63) is 53.5 Å². The number of hydrogen-bond acceptors (Lipinski definition) is 6. The predicted octanol–water partition coefficient (Wildman–Crippen LogP) is 1.96. The average molecular weight is 356 g/mol. The lowest BCUT2D eigenvalue weighted by atomic mass is 10.1. The lowest BCUT2D eigenvalue weighted by molar-refractivity contribution is -0.130. The van der Waals surface area contributed by atoms with Gasteiger partial charge < -0.3 is 13.9 Å². The van der Waals surface area contributed by atoms with Gasteiger partial charge in [-0.05, 0) is 35.9 Å². The van der Waals surface area contributed by atoms with E-state index in [1.807, 2.05) is 0 Å². The van der Waals surface area contributed by atoms with E-state index >= 15 is 0 Å². The average Bonchev–Trinajstić information content (AvgIpc) is 3.15. The van der Waals surface area contributed by atoms with Crippen molar-refractivity contribution in [2.24, 2.45) is 0 Å². The Morgan fingerprint density at radius 1 is 1.12 bits per heavy atom. The highest BCUT2D eigenvalue weighted by atomic mass is 16.5. The minimum Gasteiger partial charge on any atom is -0.493 e. The molecule has 3 rings (SSSR count). The van der Waals surface area contributed by atoms with Crippen molar-refractivity contribution in [1.29, 1.82) is 0 Å². The second-order valence-corrected chi connectivity index (χ2v) is 5.40. The molecule has 0 saturated carbocycles. The van der Waals surface area contributed by atoms with Gasteiger partial charge in [-0.3, -0.25) is 19.8 Å². The van der Waals surface area contributed by atoms with Gasteiger partial charge in [0.05, 0.1) is 27.0 Å². The molecule has 0 radical (unpaired) electrons. The molecule has 1 aliphatic heterocycles. The zero-order valence-electron chi connectivity index (χ0n) is 14.1. The summed E-state index contributed by atoms with van der Waals surface area (Å²) in [4.78, 5) is 37.7. The molecule has 4 amide bonds. The van der Waals surface area contributed by atoms with Gasteiger partial charge in [-0.2, -0.15) is 0 Å². The number of amides is 4. The normalized spacial score (nSPS) is 16.0. The number of carbonyl (C=O) groups is 3. The van der Waals surface area contributed by atoms with E-state index < -0.39 is 17.8 Å². The van der Waals surface area contributed by atoms with Gasteiger partial charge in [0.25, 0.3) is 11.8 Å². The zero-order valence-corrected chi connectivity index (χ0v) is 14.1. The molecule has 1 aliphatic rings. The Morgan fingerprint density at radius 2 is 1.88 bits per heavy atom.